The van der Waals surface area contributed by atoms with Crippen molar-refractivity contribution in [1.82, 2.24) is 15.1 Å². The van der Waals surface area contributed by atoms with Gasteiger partial charge < -0.3 is 5.32 Å². The Labute approximate surface area is 122 Å². The van der Waals surface area contributed by atoms with Gasteiger partial charge in [0.1, 0.15) is 0 Å². The topological polar surface area (TPSA) is 29.9 Å². The molecule has 1 unspecified atom stereocenters. The van der Waals surface area contributed by atoms with Crippen LogP contribution in [0.1, 0.15) is 56.1 Å². The van der Waals surface area contributed by atoms with Gasteiger partial charge in [0.15, 0.2) is 0 Å². The smallest absolute Gasteiger partial charge is 0.0762 e. The number of hydrogen-bond acceptors (Lipinski definition) is 2. The third kappa shape index (κ3) is 3.70. The number of nitrogens with one attached hydrogen (secondary N) is 1. The van der Waals surface area contributed by atoms with Crippen molar-refractivity contribution in [1.29, 1.82) is 0 Å². The molecule has 2 aromatic rings. The molecule has 0 fully saturated rings. The van der Waals surface area contributed by atoms with E-state index in [4.69, 9.17) is 0 Å². The van der Waals surface area contributed by atoms with Crippen LogP contribution in [-0.4, -0.2) is 9.78 Å². The molecule has 2 atom stereocenters. The summed E-state index contributed by atoms with van der Waals surface area (Å²) in [5, 5.41) is 8.14. The lowest BCUT2D eigenvalue weighted by Crippen LogP contribution is -2.18. The molecule has 0 aliphatic rings. The third-order valence-corrected chi connectivity index (χ3v) is 3.87. The molecule has 3 heteroatoms. The van der Waals surface area contributed by atoms with Gasteiger partial charge in [-0.2, -0.15) is 5.10 Å². The summed E-state index contributed by atoms with van der Waals surface area (Å²) in [5.41, 5.74) is 3.72. The Morgan fingerprint density at radius 1 is 1.15 bits per heavy atom. The maximum Gasteiger partial charge on any atom is 0.0762 e. The van der Waals surface area contributed by atoms with Crippen LogP contribution in [0.15, 0.2) is 36.5 Å². The molecule has 0 radical (unpaired) electrons. The van der Waals surface area contributed by atoms with Crippen LogP contribution in [-0.2, 0) is 6.54 Å². The highest BCUT2D eigenvalue weighted by atomic mass is 15.3. The fraction of sp³-hybridized carbons (Fsp3) is 0.471. The average Bonchev–Trinajstić information content (AvgIpc) is 2.93. The van der Waals surface area contributed by atoms with E-state index in [1.807, 2.05) is 4.68 Å². The van der Waals surface area contributed by atoms with Crippen LogP contribution in [0.2, 0.25) is 0 Å². The second kappa shape index (κ2) is 6.71. The molecule has 20 heavy (non-hydrogen) atoms. The first-order chi connectivity index (χ1) is 9.60. The van der Waals surface area contributed by atoms with Crippen molar-refractivity contribution in [2.24, 2.45) is 0 Å². The molecule has 0 amide bonds. The van der Waals surface area contributed by atoms with Crippen molar-refractivity contribution in [2.45, 2.75) is 52.7 Å². The molecule has 0 saturated carbocycles. The predicted octanol–water partition coefficient (Wildman–Crippen LogP) is 4.01. The van der Waals surface area contributed by atoms with Crippen LogP contribution in [0.5, 0.6) is 0 Å². The summed E-state index contributed by atoms with van der Waals surface area (Å²) >= 11 is 0. The molecule has 1 N–H and O–H groups in total. The van der Waals surface area contributed by atoms with Gasteiger partial charge in [-0.25, -0.2) is 0 Å². The Hall–Kier alpha value is -1.61. The summed E-state index contributed by atoms with van der Waals surface area (Å²) in [5.74, 6) is 0. The number of hydrogen-bond donors (Lipinski definition) is 1. The Bertz CT molecular complexity index is 527. The van der Waals surface area contributed by atoms with E-state index in [0.717, 1.165) is 18.7 Å². The number of aromatic nitrogens is 2. The van der Waals surface area contributed by atoms with Crippen molar-refractivity contribution >= 4 is 0 Å². The summed E-state index contributed by atoms with van der Waals surface area (Å²) in [6.45, 7) is 9.49. The van der Waals surface area contributed by atoms with Crippen LogP contribution in [0.25, 0.3) is 0 Å². The largest absolute Gasteiger partial charge is 0.304 e. The molecule has 108 valence electrons. The van der Waals surface area contributed by atoms with Gasteiger partial charge in [0.2, 0.25) is 0 Å². The lowest BCUT2D eigenvalue weighted by atomic mass is 10.1. The molecule has 1 aromatic heterocycles. The van der Waals surface area contributed by atoms with Gasteiger partial charge in [-0.3, -0.25) is 4.68 Å². The summed E-state index contributed by atoms with van der Waals surface area (Å²) < 4.78 is 2.05. The molecule has 2 rings (SSSR count). The summed E-state index contributed by atoms with van der Waals surface area (Å²) in [6, 6.07) is 11.6. The minimum absolute atomic E-state index is 0.337. The van der Waals surface area contributed by atoms with Crippen molar-refractivity contribution in [2.75, 3.05) is 0 Å². The molecule has 0 aliphatic heterocycles. The predicted molar refractivity (Wildman–Crippen MR) is 83.7 cm³/mol. The van der Waals surface area contributed by atoms with E-state index in [9.17, 15) is 0 Å². The second-order valence-corrected chi connectivity index (χ2v) is 5.56. The first kappa shape index (κ1) is 14.8. The first-order valence-corrected chi connectivity index (χ1v) is 7.44. The quantitative estimate of drug-likeness (QED) is 0.860. The van der Waals surface area contributed by atoms with Gasteiger partial charge in [-0.05, 0) is 38.8 Å². The monoisotopic (exact) mass is 271 g/mol. The minimum Gasteiger partial charge on any atom is -0.304 e. The maximum absolute atomic E-state index is 4.61. The minimum atomic E-state index is 0.337. The Morgan fingerprint density at radius 3 is 2.50 bits per heavy atom. The summed E-state index contributed by atoms with van der Waals surface area (Å²) in [6.07, 6.45) is 3.18. The Kier molecular flexibility index (Phi) is 4.96. The fourth-order valence-electron chi connectivity index (χ4n) is 2.13. The number of rotatable bonds is 6. The van der Waals surface area contributed by atoms with Gasteiger partial charge in [0.25, 0.3) is 0 Å². The van der Waals surface area contributed by atoms with Crippen LogP contribution >= 0.6 is 0 Å². The standard InChI is InChI=1S/C17H25N3/c1-5-14(3)20-11-10-17(19-20)12-18-15(4)16-8-6-13(2)7-9-16/h6-11,14-15,18H,5,12H2,1-4H3/t14?,15-/m0/s1. The van der Waals surface area contributed by atoms with Crippen molar-refractivity contribution in [3.8, 4) is 0 Å². The Morgan fingerprint density at radius 2 is 1.85 bits per heavy atom. The highest BCUT2D eigenvalue weighted by Crippen LogP contribution is 2.14. The van der Waals surface area contributed by atoms with E-state index >= 15 is 0 Å². The van der Waals surface area contributed by atoms with Crippen molar-refractivity contribution in [3.05, 3.63) is 53.3 Å². The number of benzene rings is 1. The van der Waals surface area contributed by atoms with E-state index in [-0.39, 0.29) is 0 Å². The van der Waals surface area contributed by atoms with E-state index in [2.05, 4.69) is 74.6 Å². The highest BCUT2D eigenvalue weighted by molar-refractivity contribution is 5.23. The number of nitrogens with zero attached hydrogens (tertiary/aromatic N) is 2. The number of aryl methyl sites for hydroxylation is 1. The van der Waals surface area contributed by atoms with Crippen molar-refractivity contribution in [3.63, 3.8) is 0 Å². The first-order valence-electron chi connectivity index (χ1n) is 7.44. The van der Waals surface area contributed by atoms with E-state index < -0.39 is 0 Å². The lowest BCUT2D eigenvalue weighted by molar-refractivity contribution is 0.468. The maximum atomic E-state index is 4.61. The van der Waals surface area contributed by atoms with Gasteiger partial charge in [-0.15, -0.1) is 0 Å². The summed E-state index contributed by atoms with van der Waals surface area (Å²) in [4.78, 5) is 0. The van der Waals surface area contributed by atoms with E-state index in [0.29, 0.717) is 12.1 Å². The highest BCUT2D eigenvalue weighted by Gasteiger charge is 2.07. The zero-order valence-electron chi connectivity index (χ0n) is 12.9. The zero-order chi connectivity index (χ0) is 14.5. The van der Waals surface area contributed by atoms with Gasteiger partial charge in [-0.1, -0.05) is 36.8 Å². The molecular weight excluding hydrogens is 246 g/mol. The van der Waals surface area contributed by atoms with Gasteiger partial charge in [0.05, 0.1) is 5.69 Å². The van der Waals surface area contributed by atoms with Crippen LogP contribution in [0.4, 0.5) is 0 Å². The molecule has 1 aromatic carbocycles. The van der Waals surface area contributed by atoms with E-state index in [1.165, 1.54) is 11.1 Å². The fourth-order valence-corrected chi connectivity index (χ4v) is 2.13. The van der Waals surface area contributed by atoms with Gasteiger partial charge in [0, 0.05) is 24.8 Å². The van der Waals surface area contributed by atoms with Crippen LogP contribution in [0.3, 0.4) is 0 Å². The molecular formula is C17H25N3. The van der Waals surface area contributed by atoms with E-state index in [1.54, 1.807) is 0 Å². The summed E-state index contributed by atoms with van der Waals surface area (Å²) in [7, 11) is 0. The third-order valence-electron chi connectivity index (χ3n) is 3.87. The normalized spacial score (nSPS) is 14.2. The Balaban J connectivity index is 1.91. The zero-order valence-corrected chi connectivity index (χ0v) is 12.9. The van der Waals surface area contributed by atoms with Gasteiger partial charge >= 0.3 is 0 Å². The molecule has 1 heterocycles. The van der Waals surface area contributed by atoms with Crippen LogP contribution in [0, 0.1) is 6.92 Å². The molecule has 3 nitrogen and oxygen atoms in total. The molecule has 0 spiro atoms. The van der Waals surface area contributed by atoms with Crippen LogP contribution < -0.4 is 5.32 Å². The second-order valence-electron chi connectivity index (χ2n) is 5.56. The SMILES string of the molecule is CCC(C)n1ccc(CN[C@@H](C)c2ccc(C)cc2)n1. The molecule has 0 saturated heterocycles. The average molecular weight is 271 g/mol. The lowest BCUT2D eigenvalue weighted by Gasteiger charge is -2.14. The van der Waals surface area contributed by atoms with Crippen molar-refractivity contribution < 1.29 is 0 Å². The molecule has 0 bridgehead atoms. The molecule has 0 aliphatic carbocycles.